The van der Waals surface area contributed by atoms with E-state index in [-0.39, 0.29) is 30.2 Å². The van der Waals surface area contributed by atoms with E-state index >= 15 is 0 Å². The van der Waals surface area contributed by atoms with Gasteiger partial charge in [0.2, 0.25) is 17.7 Å². The van der Waals surface area contributed by atoms with Gasteiger partial charge in [-0.1, -0.05) is 24.3 Å². The van der Waals surface area contributed by atoms with Crippen LogP contribution >= 0.6 is 0 Å². The van der Waals surface area contributed by atoms with Crippen LogP contribution in [0.2, 0.25) is 0 Å². The van der Waals surface area contributed by atoms with Crippen molar-refractivity contribution in [2.24, 2.45) is 0 Å². The van der Waals surface area contributed by atoms with Crippen molar-refractivity contribution in [1.29, 1.82) is 0 Å². The third kappa shape index (κ3) is 3.57. The molecule has 3 amide bonds. The highest BCUT2D eigenvalue weighted by molar-refractivity contribution is 5.82. The lowest BCUT2D eigenvalue weighted by atomic mass is 9.93. The Labute approximate surface area is 147 Å². The Morgan fingerprint density at radius 1 is 0.960 bits per heavy atom. The lowest BCUT2D eigenvalue weighted by molar-refractivity contribution is -0.140. The molecule has 0 spiro atoms. The minimum Gasteiger partial charge on any atom is -0.339 e. The van der Waals surface area contributed by atoms with Gasteiger partial charge in [-0.05, 0) is 17.2 Å². The van der Waals surface area contributed by atoms with E-state index < -0.39 is 0 Å². The standard InChI is InChI=1S/C19H23N3O3/c1-14(23)20-9-11-21(12-10-20)19(25)13-18-17-6-4-3-5-16(17)7-8-22(18)15(2)24/h3-8,18H,9-13H2,1-2H3/t18-/m0/s1. The van der Waals surface area contributed by atoms with Crippen LogP contribution in [-0.2, 0) is 14.4 Å². The lowest BCUT2D eigenvalue weighted by Gasteiger charge is -2.37. The number of nitrogens with zero attached hydrogens (tertiary/aromatic N) is 3. The molecule has 1 atom stereocenters. The first kappa shape index (κ1) is 17.2. The monoisotopic (exact) mass is 341 g/mol. The van der Waals surface area contributed by atoms with E-state index in [0.29, 0.717) is 26.2 Å². The molecule has 0 unspecified atom stereocenters. The van der Waals surface area contributed by atoms with Gasteiger partial charge in [-0.25, -0.2) is 0 Å². The van der Waals surface area contributed by atoms with Crippen molar-refractivity contribution in [3.05, 3.63) is 41.6 Å². The molecule has 6 heteroatoms. The highest BCUT2D eigenvalue weighted by Gasteiger charge is 2.31. The van der Waals surface area contributed by atoms with Gasteiger partial charge in [0.05, 0.1) is 12.5 Å². The number of carbonyl (C=O) groups excluding carboxylic acids is 3. The van der Waals surface area contributed by atoms with Crippen molar-refractivity contribution < 1.29 is 14.4 Å². The summed E-state index contributed by atoms with van der Waals surface area (Å²) >= 11 is 0. The van der Waals surface area contributed by atoms with Crippen molar-refractivity contribution in [1.82, 2.24) is 14.7 Å². The van der Waals surface area contributed by atoms with Crippen LogP contribution in [0.4, 0.5) is 0 Å². The van der Waals surface area contributed by atoms with Crippen LogP contribution in [0.5, 0.6) is 0 Å². The van der Waals surface area contributed by atoms with Crippen molar-refractivity contribution in [3.8, 4) is 0 Å². The molecule has 0 radical (unpaired) electrons. The van der Waals surface area contributed by atoms with Crippen LogP contribution in [0.1, 0.15) is 37.4 Å². The zero-order valence-corrected chi connectivity index (χ0v) is 14.6. The summed E-state index contributed by atoms with van der Waals surface area (Å²) in [7, 11) is 0. The molecular formula is C19H23N3O3. The topological polar surface area (TPSA) is 60.9 Å². The van der Waals surface area contributed by atoms with Crippen LogP contribution in [0.3, 0.4) is 0 Å². The zero-order valence-electron chi connectivity index (χ0n) is 14.6. The van der Waals surface area contributed by atoms with Gasteiger partial charge < -0.3 is 14.7 Å². The average molecular weight is 341 g/mol. The maximum atomic E-state index is 12.8. The number of benzene rings is 1. The van der Waals surface area contributed by atoms with Gasteiger partial charge in [0.1, 0.15) is 0 Å². The van der Waals surface area contributed by atoms with E-state index in [2.05, 4.69) is 0 Å². The molecule has 1 aromatic rings. The summed E-state index contributed by atoms with van der Waals surface area (Å²) in [4.78, 5) is 41.4. The molecular weight excluding hydrogens is 318 g/mol. The van der Waals surface area contributed by atoms with Gasteiger partial charge in [0, 0.05) is 46.2 Å². The van der Waals surface area contributed by atoms with Crippen molar-refractivity contribution in [2.45, 2.75) is 26.3 Å². The zero-order chi connectivity index (χ0) is 18.0. The molecule has 0 bridgehead atoms. The average Bonchev–Trinajstić information content (AvgIpc) is 2.61. The SMILES string of the molecule is CC(=O)N1CCN(C(=O)C[C@H]2c3ccccc3C=CN2C(C)=O)CC1. The summed E-state index contributed by atoms with van der Waals surface area (Å²) in [6, 6.07) is 7.57. The van der Waals surface area contributed by atoms with E-state index in [0.717, 1.165) is 11.1 Å². The second-order valence-corrected chi connectivity index (χ2v) is 6.48. The molecule has 1 fully saturated rings. The molecule has 132 valence electrons. The number of amides is 3. The normalized spacial score (nSPS) is 19.6. The summed E-state index contributed by atoms with van der Waals surface area (Å²) in [5.74, 6) is -0.0179. The summed E-state index contributed by atoms with van der Waals surface area (Å²) in [6.45, 7) is 5.29. The second-order valence-electron chi connectivity index (χ2n) is 6.48. The van der Waals surface area contributed by atoms with E-state index in [1.54, 1.807) is 27.8 Å². The summed E-state index contributed by atoms with van der Waals surface area (Å²) in [5, 5.41) is 0. The van der Waals surface area contributed by atoms with E-state index in [1.807, 2.05) is 30.3 Å². The Bertz CT molecular complexity index is 720. The van der Waals surface area contributed by atoms with Gasteiger partial charge in [-0.3, -0.25) is 14.4 Å². The van der Waals surface area contributed by atoms with Crippen LogP contribution < -0.4 is 0 Å². The van der Waals surface area contributed by atoms with Gasteiger partial charge in [-0.2, -0.15) is 0 Å². The number of piperazine rings is 1. The summed E-state index contributed by atoms with van der Waals surface area (Å²) < 4.78 is 0. The molecule has 1 saturated heterocycles. The molecule has 3 rings (SSSR count). The maximum Gasteiger partial charge on any atom is 0.225 e. The Kier molecular flexibility index (Phi) is 4.88. The number of hydrogen-bond donors (Lipinski definition) is 0. The molecule has 0 aliphatic carbocycles. The first-order valence-electron chi connectivity index (χ1n) is 8.56. The molecule has 2 aliphatic heterocycles. The molecule has 2 aliphatic rings. The van der Waals surface area contributed by atoms with E-state index in [9.17, 15) is 14.4 Å². The smallest absolute Gasteiger partial charge is 0.225 e. The van der Waals surface area contributed by atoms with Crippen molar-refractivity contribution in [2.75, 3.05) is 26.2 Å². The third-order valence-corrected chi connectivity index (χ3v) is 4.91. The first-order valence-corrected chi connectivity index (χ1v) is 8.56. The summed E-state index contributed by atoms with van der Waals surface area (Å²) in [6.07, 6.45) is 3.92. The molecule has 6 nitrogen and oxygen atoms in total. The molecule has 1 aromatic carbocycles. The fourth-order valence-electron chi connectivity index (χ4n) is 3.48. The number of hydrogen-bond acceptors (Lipinski definition) is 3. The van der Waals surface area contributed by atoms with Crippen molar-refractivity contribution in [3.63, 3.8) is 0 Å². The summed E-state index contributed by atoms with van der Waals surface area (Å²) in [5.41, 5.74) is 2.04. The predicted molar refractivity (Wildman–Crippen MR) is 94.2 cm³/mol. The van der Waals surface area contributed by atoms with E-state index in [1.165, 1.54) is 6.92 Å². The highest BCUT2D eigenvalue weighted by Crippen LogP contribution is 2.33. The van der Waals surface area contributed by atoms with Gasteiger partial charge in [0.15, 0.2) is 0 Å². The third-order valence-electron chi connectivity index (χ3n) is 4.91. The Balaban J connectivity index is 1.74. The quantitative estimate of drug-likeness (QED) is 0.822. The van der Waals surface area contributed by atoms with Crippen LogP contribution in [0, 0.1) is 0 Å². The molecule has 0 N–H and O–H groups in total. The fourth-order valence-corrected chi connectivity index (χ4v) is 3.48. The Morgan fingerprint density at radius 3 is 2.24 bits per heavy atom. The molecule has 0 aromatic heterocycles. The number of fused-ring (bicyclic) bond motifs is 1. The molecule has 2 heterocycles. The van der Waals surface area contributed by atoms with Gasteiger partial charge in [-0.15, -0.1) is 0 Å². The minimum absolute atomic E-state index is 0.0181. The van der Waals surface area contributed by atoms with Gasteiger partial charge >= 0.3 is 0 Å². The predicted octanol–water partition coefficient (Wildman–Crippen LogP) is 1.64. The number of rotatable bonds is 2. The first-order chi connectivity index (χ1) is 12.0. The minimum atomic E-state index is -0.281. The number of carbonyl (C=O) groups is 3. The second kappa shape index (κ2) is 7.09. The lowest BCUT2D eigenvalue weighted by Crippen LogP contribution is -2.50. The largest absolute Gasteiger partial charge is 0.339 e. The van der Waals surface area contributed by atoms with Gasteiger partial charge in [0.25, 0.3) is 0 Å². The highest BCUT2D eigenvalue weighted by atomic mass is 16.2. The van der Waals surface area contributed by atoms with Crippen LogP contribution in [-0.4, -0.2) is 58.6 Å². The van der Waals surface area contributed by atoms with Crippen molar-refractivity contribution >= 4 is 23.8 Å². The van der Waals surface area contributed by atoms with Crippen LogP contribution in [0.15, 0.2) is 30.5 Å². The Morgan fingerprint density at radius 2 is 1.60 bits per heavy atom. The molecule has 25 heavy (non-hydrogen) atoms. The Hall–Kier alpha value is -2.63. The fraction of sp³-hybridized carbons (Fsp3) is 0.421. The van der Waals surface area contributed by atoms with E-state index in [4.69, 9.17) is 0 Å². The maximum absolute atomic E-state index is 12.8. The van der Waals surface area contributed by atoms with Crippen LogP contribution in [0.25, 0.3) is 6.08 Å². The molecule has 0 saturated carbocycles.